The van der Waals surface area contributed by atoms with E-state index in [9.17, 15) is 4.79 Å². The Labute approximate surface area is 91.4 Å². The van der Waals surface area contributed by atoms with Crippen molar-refractivity contribution >= 4 is 21.9 Å². The van der Waals surface area contributed by atoms with Gasteiger partial charge in [0, 0.05) is 6.04 Å². The molecule has 0 N–H and O–H groups in total. The minimum atomic E-state index is -0.390. The zero-order chi connectivity index (χ0) is 10.7. The molecule has 0 fully saturated rings. The number of carbonyl (C=O) groups excluding carboxylic acids is 1. The number of imidazole rings is 1. The first-order valence-electron chi connectivity index (χ1n) is 4.47. The number of halogens is 1. The molecule has 0 aliphatic heterocycles. The number of ether oxygens (including phenoxy) is 1. The van der Waals surface area contributed by atoms with E-state index in [-0.39, 0.29) is 6.04 Å². The second-order valence-electron chi connectivity index (χ2n) is 3.11. The van der Waals surface area contributed by atoms with Crippen molar-refractivity contribution in [3.05, 3.63) is 16.6 Å². The van der Waals surface area contributed by atoms with Gasteiger partial charge in [-0.3, -0.25) is 0 Å². The third-order valence-corrected chi connectivity index (χ3v) is 2.54. The highest BCUT2D eigenvalue weighted by Crippen LogP contribution is 2.20. The van der Waals surface area contributed by atoms with Crippen molar-refractivity contribution in [3.63, 3.8) is 0 Å². The van der Waals surface area contributed by atoms with E-state index in [4.69, 9.17) is 4.74 Å². The lowest BCUT2D eigenvalue weighted by atomic mass is 10.4. The van der Waals surface area contributed by atoms with E-state index in [2.05, 4.69) is 20.9 Å². The zero-order valence-electron chi connectivity index (χ0n) is 8.45. The summed E-state index contributed by atoms with van der Waals surface area (Å²) in [6.45, 7) is 6.16. The molecule has 1 aromatic rings. The first-order valence-corrected chi connectivity index (χ1v) is 5.26. The molecule has 0 aromatic carbocycles. The number of esters is 1. The summed E-state index contributed by atoms with van der Waals surface area (Å²) in [5.41, 5.74) is 0.334. The minimum Gasteiger partial charge on any atom is -0.461 e. The van der Waals surface area contributed by atoms with Crippen LogP contribution in [-0.2, 0) is 4.74 Å². The summed E-state index contributed by atoms with van der Waals surface area (Å²) in [5.74, 6) is -0.390. The van der Waals surface area contributed by atoms with Gasteiger partial charge in [-0.2, -0.15) is 0 Å². The van der Waals surface area contributed by atoms with Crippen LogP contribution < -0.4 is 0 Å². The molecule has 0 unspecified atom stereocenters. The Morgan fingerprint density at radius 1 is 1.71 bits per heavy atom. The highest BCUT2D eigenvalue weighted by Gasteiger charge is 2.17. The van der Waals surface area contributed by atoms with Gasteiger partial charge in [0.2, 0.25) is 0 Å². The number of aromatic nitrogens is 2. The van der Waals surface area contributed by atoms with Crippen LogP contribution in [0.2, 0.25) is 0 Å². The second-order valence-corrected chi connectivity index (χ2v) is 3.86. The molecule has 0 saturated heterocycles. The lowest BCUT2D eigenvalue weighted by Crippen LogP contribution is -2.07. The van der Waals surface area contributed by atoms with Gasteiger partial charge in [0.1, 0.15) is 4.60 Å². The first kappa shape index (κ1) is 11.2. The minimum absolute atomic E-state index is 0.264. The van der Waals surface area contributed by atoms with Gasteiger partial charge in [0.25, 0.3) is 0 Å². The molecule has 0 bridgehead atoms. The van der Waals surface area contributed by atoms with Crippen LogP contribution in [0.5, 0.6) is 0 Å². The quantitative estimate of drug-likeness (QED) is 0.785. The van der Waals surface area contributed by atoms with Crippen LogP contribution in [-0.4, -0.2) is 22.1 Å². The van der Waals surface area contributed by atoms with E-state index >= 15 is 0 Å². The Hall–Kier alpha value is -0.840. The normalized spacial score (nSPS) is 10.6. The third kappa shape index (κ3) is 2.15. The van der Waals surface area contributed by atoms with Crippen molar-refractivity contribution in [1.82, 2.24) is 9.55 Å². The number of hydrogen-bond donors (Lipinski definition) is 0. The van der Waals surface area contributed by atoms with Crippen molar-refractivity contribution in [1.29, 1.82) is 0 Å². The molecule has 0 saturated carbocycles. The van der Waals surface area contributed by atoms with Crippen LogP contribution in [0.1, 0.15) is 37.3 Å². The summed E-state index contributed by atoms with van der Waals surface area (Å²) in [6.07, 6.45) is 1.63. The fraction of sp³-hybridized carbons (Fsp3) is 0.556. The van der Waals surface area contributed by atoms with E-state index < -0.39 is 5.97 Å². The van der Waals surface area contributed by atoms with Gasteiger partial charge < -0.3 is 9.30 Å². The van der Waals surface area contributed by atoms with Crippen molar-refractivity contribution in [2.75, 3.05) is 6.61 Å². The zero-order valence-corrected chi connectivity index (χ0v) is 10.0. The number of nitrogens with zero attached hydrogens (tertiary/aromatic N) is 2. The second kappa shape index (κ2) is 4.59. The molecule has 4 nitrogen and oxygen atoms in total. The van der Waals surface area contributed by atoms with E-state index in [1.165, 1.54) is 0 Å². The van der Waals surface area contributed by atoms with E-state index in [0.717, 1.165) is 0 Å². The highest BCUT2D eigenvalue weighted by molar-refractivity contribution is 9.10. The monoisotopic (exact) mass is 260 g/mol. The summed E-state index contributed by atoms with van der Waals surface area (Å²) in [5, 5.41) is 0. The van der Waals surface area contributed by atoms with E-state index in [1.54, 1.807) is 13.3 Å². The molecular weight excluding hydrogens is 248 g/mol. The maximum absolute atomic E-state index is 11.4. The summed E-state index contributed by atoms with van der Waals surface area (Å²) in [4.78, 5) is 15.4. The van der Waals surface area contributed by atoms with Gasteiger partial charge in [-0.1, -0.05) is 0 Å². The van der Waals surface area contributed by atoms with Gasteiger partial charge in [-0.15, -0.1) is 0 Å². The van der Waals surface area contributed by atoms with Crippen LogP contribution in [0.15, 0.2) is 10.9 Å². The van der Waals surface area contributed by atoms with Gasteiger partial charge >= 0.3 is 5.97 Å². The molecule has 0 atom stereocenters. The molecule has 0 spiro atoms. The van der Waals surface area contributed by atoms with E-state index in [0.29, 0.717) is 16.9 Å². The van der Waals surface area contributed by atoms with Crippen LogP contribution in [0.3, 0.4) is 0 Å². The standard InChI is InChI=1S/C9H13BrN2O2/c1-4-14-9(13)7-8(10)12(5-11-7)6(2)3/h5-6H,4H2,1-3H3. The molecule has 14 heavy (non-hydrogen) atoms. The summed E-state index contributed by atoms with van der Waals surface area (Å²) < 4.78 is 7.40. The van der Waals surface area contributed by atoms with Crippen LogP contribution in [0.4, 0.5) is 0 Å². The Balaban J connectivity index is 2.95. The molecule has 1 heterocycles. The lowest BCUT2D eigenvalue weighted by molar-refractivity contribution is 0.0518. The molecule has 78 valence electrons. The smallest absolute Gasteiger partial charge is 0.359 e. The average Bonchev–Trinajstić information content (AvgIpc) is 2.47. The molecule has 0 radical (unpaired) electrons. The largest absolute Gasteiger partial charge is 0.461 e. The first-order chi connectivity index (χ1) is 6.57. The van der Waals surface area contributed by atoms with Crippen molar-refractivity contribution in [3.8, 4) is 0 Å². The molecule has 5 heteroatoms. The molecule has 0 aliphatic rings. The van der Waals surface area contributed by atoms with Gasteiger partial charge in [0.15, 0.2) is 5.69 Å². The predicted octanol–water partition coefficient (Wildman–Crippen LogP) is 2.40. The third-order valence-electron chi connectivity index (χ3n) is 1.76. The molecule has 0 amide bonds. The van der Waals surface area contributed by atoms with Crippen LogP contribution >= 0.6 is 15.9 Å². The Bertz CT molecular complexity index is 334. The summed E-state index contributed by atoms with van der Waals surface area (Å²) >= 11 is 3.32. The summed E-state index contributed by atoms with van der Waals surface area (Å²) in [6, 6.07) is 0.264. The van der Waals surface area contributed by atoms with Crippen molar-refractivity contribution in [2.24, 2.45) is 0 Å². The number of rotatable bonds is 3. The van der Waals surface area contributed by atoms with Gasteiger partial charge in [-0.25, -0.2) is 9.78 Å². The van der Waals surface area contributed by atoms with Crippen molar-refractivity contribution < 1.29 is 9.53 Å². The molecule has 0 aliphatic carbocycles. The van der Waals surface area contributed by atoms with Crippen LogP contribution in [0.25, 0.3) is 0 Å². The Morgan fingerprint density at radius 2 is 2.36 bits per heavy atom. The highest BCUT2D eigenvalue weighted by atomic mass is 79.9. The SMILES string of the molecule is CCOC(=O)c1ncn(C(C)C)c1Br. The maximum atomic E-state index is 11.4. The molecule has 1 rings (SSSR count). The van der Waals surface area contributed by atoms with Gasteiger partial charge in [0.05, 0.1) is 12.9 Å². The Morgan fingerprint density at radius 3 is 2.79 bits per heavy atom. The topological polar surface area (TPSA) is 44.1 Å². The van der Waals surface area contributed by atoms with Gasteiger partial charge in [-0.05, 0) is 36.7 Å². The molecular formula is C9H13BrN2O2. The number of hydrogen-bond acceptors (Lipinski definition) is 3. The average molecular weight is 261 g/mol. The van der Waals surface area contributed by atoms with Crippen LogP contribution in [0, 0.1) is 0 Å². The van der Waals surface area contributed by atoms with Crippen molar-refractivity contribution in [2.45, 2.75) is 26.8 Å². The Kier molecular flexibility index (Phi) is 3.69. The number of carbonyl (C=O) groups is 1. The summed E-state index contributed by atoms with van der Waals surface area (Å²) in [7, 11) is 0. The molecule has 1 aromatic heterocycles. The van der Waals surface area contributed by atoms with E-state index in [1.807, 2.05) is 18.4 Å². The fourth-order valence-electron chi connectivity index (χ4n) is 1.04. The lowest BCUT2D eigenvalue weighted by Gasteiger charge is -2.07. The fourth-order valence-corrected chi connectivity index (χ4v) is 1.81. The maximum Gasteiger partial charge on any atom is 0.359 e. The predicted molar refractivity (Wildman–Crippen MR) is 56.3 cm³/mol.